The van der Waals surface area contributed by atoms with Gasteiger partial charge in [0.25, 0.3) is 0 Å². The van der Waals surface area contributed by atoms with E-state index in [4.69, 9.17) is 21.1 Å². The van der Waals surface area contributed by atoms with Crippen molar-refractivity contribution in [1.29, 1.82) is 0 Å². The summed E-state index contributed by atoms with van der Waals surface area (Å²) in [7, 11) is 1.72. The molecule has 0 fully saturated rings. The molecule has 0 saturated carbocycles. The van der Waals surface area contributed by atoms with E-state index in [1.165, 1.54) is 11.1 Å². The zero-order valence-electron chi connectivity index (χ0n) is 11.6. The van der Waals surface area contributed by atoms with Crippen molar-refractivity contribution >= 4 is 11.6 Å². The van der Waals surface area contributed by atoms with Crippen molar-refractivity contribution in [1.82, 2.24) is 5.32 Å². The molecule has 0 radical (unpaired) electrons. The molecule has 0 amide bonds. The monoisotopic (exact) mass is 283 g/mol. The second kappa shape index (κ2) is 7.13. The summed E-state index contributed by atoms with van der Waals surface area (Å²) >= 11 is 5.79. The average Bonchev–Trinajstić information content (AvgIpc) is 2.78. The minimum atomic E-state index is 0.214. The fraction of sp³-hybridized carbons (Fsp3) is 0.600. The van der Waals surface area contributed by atoms with Crippen LogP contribution in [0.15, 0.2) is 18.2 Å². The Kier molecular flexibility index (Phi) is 5.49. The Morgan fingerprint density at radius 3 is 3.11 bits per heavy atom. The van der Waals surface area contributed by atoms with Crippen LogP contribution in [0.2, 0.25) is 0 Å². The van der Waals surface area contributed by atoms with Crippen LogP contribution in [0.5, 0.6) is 5.75 Å². The summed E-state index contributed by atoms with van der Waals surface area (Å²) in [5.74, 6) is 1.67. The maximum absolute atomic E-state index is 5.93. The topological polar surface area (TPSA) is 30.5 Å². The van der Waals surface area contributed by atoms with Crippen LogP contribution in [0.25, 0.3) is 0 Å². The molecule has 0 aromatic heterocycles. The van der Waals surface area contributed by atoms with Crippen molar-refractivity contribution in [3.05, 3.63) is 29.3 Å². The Morgan fingerprint density at radius 2 is 2.37 bits per heavy atom. The van der Waals surface area contributed by atoms with E-state index in [9.17, 15) is 0 Å². The standard InChI is InChI=1S/C15H22ClNO2/c1-11-3-4-15-12(7-11)8-14(19-15)9-17-13(5-6-16)10-18-2/h3-4,7,13-14,17H,5-6,8-10H2,1-2H3. The molecule has 1 aliphatic heterocycles. The molecule has 19 heavy (non-hydrogen) atoms. The molecule has 1 aromatic carbocycles. The van der Waals surface area contributed by atoms with E-state index in [0.717, 1.165) is 25.1 Å². The summed E-state index contributed by atoms with van der Waals surface area (Å²) in [5.41, 5.74) is 2.60. The van der Waals surface area contributed by atoms with E-state index in [-0.39, 0.29) is 6.10 Å². The number of halogens is 1. The lowest BCUT2D eigenvalue weighted by Gasteiger charge is -2.19. The second-order valence-electron chi connectivity index (χ2n) is 5.09. The average molecular weight is 284 g/mol. The minimum absolute atomic E-state index is 0.214. The Balaban J connectivity index is 1.82. The predicted octanol–water partition coefficient (Wildman–Crippen LogP) is 2.53. The van der Waals surface area contributed by atoms with Gasteiger partial charge >= 0.3 is 0 Å². The third-order valence-corrected chi connectivity index (χ3v) is 3.64. The number of aryl methyl sites for hydroxylation is 1. The first-order valence-electron chi connectivity index (χ1n) is 6.77. The van der Waals surface area contributed by atoms with Crippen LogP contribution < -0.4 is 10.1 Å². The molecule has 3 nitrogen and oxygen atoms in total. The molecule has 1 N–H and O–H groups in total. The van der Waals surface area contributed by atoms with Gasteiger partial charge in [-0.05, 0) is 25.0 Å². The third-order valence-electron chi connectivity index (χ3n) is 3.42. The second-order valence-corrected chi connectivity index (χ2v) is 5.47. The van der Waals surface area contributed by atoms with Gasteiger partial charge in [-0.1, -0.05) is 17.7 Å². The Morgan fingerprint density at radius 1 is 1.53 bits per heavy atom. The smallest absolute Gasteiger partial charge is 0.123 e. The van der Waals surface area contributed by atoms with Crippen LogP contribution in [-0.4, -0.2) is 38.3 Å². The van der Waals surface area contributed by atoms with Crippen molar-refractivity contribution < 1.29 is 9.47 Å². The van der Waals surface area contributed by atoms with Crippen molar-refractivity contribution in [3.8, 4) is 5.75 Å². The lowest BCUT2D eigenvalue weighted by molar-refractivity contribution is 0.152. The fourth-order valence-corrected chi connectivity index (χ4v) is 2.70. The lowest BCUT2D eigenvalue weighted by Crippen LogP contribution is -2.40. The number of ether oxygens (including phenoxy) is 2. The van der Waals surface area contributed by atoms with E-state index < -0.39 is 0 Å². The van der Waals surface area contributed by atoms with E-state index in [1.54, 1.807) is 7.11 Å². The van der Waals surface area contributed by atoms with Crippen LogP contribution in [0.3, 0.4) is 0 Å². The molecule has 0 bridgehead atoms. The summed E-state index contributed by atoms with van der Waals surface area (Å²) in [5, 5.41) is 3.48. The van der Waals surface area contributed by atoms with Gasteiger partial charge in [-0.2, -0.15) is 0 Å². The van der Waals surface area contributed by atoms with Crippen LogP contribution in [0, 0.1) is 6.92 Å². The number of methoxy groups -OCH3 is 1. The molecule has 2 rings (SSSR count). The number of hydrogen-bond donors (Lipinski definition) is 1. The number of rotatable bonds is 7. The summed E-state index contributed by atoms with van der Waals surface area (Å²) in [4.78, 5) is 0. The van der Waals surface area contributed by atoms with E-state index in [1.807, 2.05) is 0 Å². The molecule has 0 aliphatic carbocycles. The maximum Gasteiger partial charge on any atom is 0.123 e. The predicted molar refractivity (Wildman–Crippen MR) is 78.3 cm³/mol. The molecule has 4 heteroatoms. The van der Waals surface area contributed by atoms with Gasteiger partial charge in [-0.15, -0.1) is 11.6 Å². The van der Waals surface area contributed by atoms with E-state index >= 15 is 0 Å². The van der Waals surface area contributed by atoms with Gasteiger partial charge < -0.3 is 14.8 Å². The van der Waals surface area contributed by atoms with Gasteiger partial charge in [0, 0.05) is 32.0 Å². The molecule has 1 aliphatic rings. The number of nitrogens with one attached hydrogen (secondary N) is 1. The molecular weight excluding hydrogens is 262 g/mol. The van der Waals surface area contributed by atoms with Gasteiger partial charge in [0.2, 0.25) is 0 Å². The lowest BCUT2D eigenvalue weighted by atomic mass is 10.1. The summed E-state index contributed by atoms with van der Waals surface area (Å²) in [6.45, 7) is 3.63. The van der Waals surface area contributed by atoms with E-state index in [0.29, 0.717) is 18.5 Å². The molecule has 0 saturated heterocycles. The molecular formula is C15H22ClNO2. The number of alkyl halides is 1. The first-order chi connectivity index (χ1) is 9.22. The highest BCUT2D eigenvalue weighted by Gasteiger charge is 2.23. The first-order valence-corrected chi connectivity index (χ1v) is 7.31. The SMILES string of the molecule is COCC(CCCl)NCC1Cc2cc(C)ccc2O1. The number of fused-ring (bicyclic) bond motifs is 1. The van der Waals surface area contributed by atoms with Gasteiger partial charge in [0.1, 0.15) is 11.9 Å². The largest absolute Gasteiger partial charge is 0.488 e. The van der Waals surface area contributed by atoms with Crippen LogP contribution >= 0.6 is 11.6 Å². The van der Waals surface area contributed by atoms with Gasteiger partial charge in [-0.3, -0.25) is 0 Å². The Bertz CT molecular complexity index is 405. The maximum atomic E-state index is 5.93. The zero-order valence-corrected chi connectivity index (χ0v) is 12.4. The highest BCUT2D eigenvalue weighted by Crippen LogP contribution is 2.29. The highest BCUT2D eigenvalue weighted by atomic mass is 35.5. The quantitative estimate of drug-likeness (QED) is 0.780. The molecule has 1 heterocycles. The van der Waals surface area contributed by atoms with Crippen molar-refractivity contribution in [3.63, 3.8) is 0 Å². The van der Waals surface area contributed by atoms with Gasteiger partial charge in [0.15, 0.2) is 0 Å². The molecule has 0 spiro atoms. The van der Waals surface area contributed by atoms with Crippen molar-refractivity contribution in [2.24, 2.45) is 0 Å². The number of hydrogen-bond acceptors (Lipinski definition) is 3. The highest BCUT2D eigenvalue weighted by molar-refractivity contribution is 6.17. The molecule has 1 aromatic rings. The summed E-state index contributed by atoms with van der Waals surface area (Å²) in [6, 6.07) is 6.67. The van der Waals surface area contributed by atoms with Crippen LogP contribution in [-0.2, 0) is 11.2 Å². The van der Waals surface area contributed by atoms with Gasteiger partial charge in [0.05, 0.1) is 6.61 Å². The first kappa shape index (κ1) is 14.6. The third kappa shape index (κ3) is 4.10. The van der Waals surface area contributed by atoms with Crippen molar-refractivity contribution in [2.75, 3.05) is 26.1 Å². The van der Waals surface area contributed by atoms with Crippen LogP contribution in [0.4, 0.5) is 0 Å². The molecule has 106 valence electrons. The van der Waals surface area contributed by atoms with Crippen LogP contribution in [0.1, 0.15) is 17.5 Å². The van der Waals surface area contributed by atoms with Gasteiger partial charge in [-0.25, -0.2) is 0 Å². The summed E-state index contributed by atoms with van der Waals surface area (Å²) < 4.78 is 11.1. The molecule has 2 unspecified atom stereocenters. The molecule has 2 atom stereocenters. The number of benzene rings is 1. The summed E-state index contributed by atoms with van der Waals surface area (Å²) in [6.07, 6.45) is 2.10. The minimum Gasteiger partial charge on any atom is -0.488 e. The normalized spacial score (nSPS) is 19.0. The Labute approximate surface area is 120 Å². The zero-order chi connectivity index (χ0) is 13.7. The van der Waals surface area contributed by atoms with E-state index in [2.05, 4.69) is 30.4 Å². The fourth-order valence-electron chi connectivity index (χ4n) is 2.44. The van der Waals surface area contributed by atoms with Crippen molar-refractivity contribution in [2.45, 2.75) is 31.9 Å². The Hall–Kier alpha value is -0.770.